The first kappa shape index (κ1) is 37.3. The van der Waals surface area contributed by atoms with Crippen molar-refractivity contribution in [3.8, 4) is 17.6 Å². The van der Waals surface area contributed by atoms with E-state index in [2.05, 4.69) is 130 Å². The van der Waals surface area contributed by atoms with E-state index in [9.17, 15) is 5.26 Å². The molecule has 0 spiro atoms. The fourth-order valence-electron chi connectivity index (χ4n) is 7.91. The second kappa shape index (κ2) is 16.3. The Morgan fingerprint density at radius 3 is 1.25 bits per heavy atom. The van der Waals surface area contributed by atoms with Gasteiger partial charge in [0.15, 0.2) is 5.70 Å². The maximum Gasteiger partial charge on any atom is 0.195 e. The fraction of sp³-hybridized carbons (Fsp3) is 0.0370. The van der Waals surface area contributed by atoms with E-state index in [1.807, 2.05) is 84.9 Å². The third-order valence-electron chi connectivity index (χ3n) is 10.9. The Bertz CT molecular complexity index is 2680. The van der Waals surface area contributed by atoms with Gasteiger partial charge in [-0.2, -0.15) is 5.26 Å². The molecule has 6 heteroatoms. The van der Waals surface area contributed by atoms with Crippen molar-refractivity contribution in [2.45, 2.75) is 0 Å². The van der Waals surface area contributed by atoms with Gasteiger partial charge in [0.25, 0.3) is 0 Å². The van der Waals surface area contributed by atoms with Crippen molar-refractivity contribution >= 4 is 81.9 Å². The largest absolute Gasteiger partial charge is 0.496 e. The van der Waals surface area contributed by atoms with Crippen molar-refractivity contribution in [2.24, 2.45) is 0 Å². The van der Waals surface area contributed by atoms with E-state index in [-0.39, 0.29) is 0 Å². The monoisotopic (exact) mass is 774 g/mol. The van der Waals surface area contributed by atoms with Gasteiger partial charge in [-0.3, -0.25) is 0 Å². The van der Waals surface area contributed by atoms with Gasteiger partial charge in [-0.1, -0.05) is 121 Å². The summed E-state index contributed by atoms with van der Waals surface area (Å²) in [6, 6.07) is 55.6. The molecule has 2 aliphatic rings. The molecule has 0 radical (unpaired) electrons. The molecule has 0 bridgehead atoms. The molecular weight excluding hydrogens is 737 g/mol. The number of hydrogen-bond donors (Lipinski definition) is 0. The van der Waals surface area contributed by atoms with Crippen molar-refractivity contribution in [2.75, 3.05) is 24.0 Å². The molecule has 0 saturated heterocycles. The van der Waals surface area contributed by atoms with Crippen LogP contribution < -0.4 is 19.3 Å². The summed E-state index contributed by atoms with van der Waals surface area (Å²) in [7, 11) is 3.20. The molecule has 2 aliphatic heterocycles. The minimum atomic E-state index is 0.451. The van der Waals surface area contributed by atoms with E-state index < -0.39 is 0 Å². The molecule has 7 aromatic rings. The zero-order chi connectivity index (χ0) is 41.0. The normalized spacial score (nSPS) is 12.8. The van der Waals surface area contributed by atoms with Crippen LogP contribution in [-0.4, -0.2) is 14.2 Å². The van der Waals surface area contributed by atoms with Gasteiger partial charge in [0.05, 0.1) is 55.2 Å². The number of methoxy groups -OCH3 is 2. The number of benzene rings is 7. The maximum atomic E-state index is 10.4. The first-order valence-electron chi connectivity index (χ1n) is 19.6. The number of para-hydroxylation sites is 4. The number of rotatable bonds is 8. The summed E-state index contributed by atoms with van der Waals surface area (Å²) in [6.45, 7) is 8.18. The Balaban J connectivity index is 1.02. The molecule has 286 valence electrons. The summed E-state index contributed by atoms with van der Waals surface area (Å²) in [5.74, 6) is 1.09. The predicted octanol–water partition coefficient (Wildman–Crippen LogP) is 14.1. The second-order valence-corrected chi connectivity index (χ2v) is 14.3. The highest BCUT2D eigenvalue weighted by Crippen LogP contribution is 2.44. The van der Waals surface area contributed by atoms with Gasteiger partial charge in [0.2, 0.25) is 0 Å². The van der Waals surface area contributed by atoms with Crippen LogP contribution in [0.5, 0.6) is 11.5 Å². The lowest BCUT2D eigenvalue weighted by atomic mass is 10.00. The highest BCUT2D eigenvalue weighted by Gasteiger charge is 2.22. The van der Waals surface area contributed by atoms with E-state index in [0.717, 1.165) is 67.5 Å². The van der Waals surface area contributed by atoms with Gasteiger partial charge in [0.1, 0.15) is 11.5 Å². The molecular formula is C54H38N4O2. The van der Waals surface area contributed by atoms with Crippen LogP contribution in [0.15, 0.2) is 158 Å². The molecule has 0 unspecified atom stereocenters. The minimum Gasteiger partial charge on any atom is -0.496 e. The van der Waals surface area contributed by atoms with Gasteiger partial charge in [-0.05, 0) is 106 Å². The van der Waals surface area contributed by atoms with Gasteiger partial charge in [-0.25, -0.2) is 4.85 Å². The van der Waals surface area contributed by atoms with Crippen LogP contribution in [0, 0.1) is 17.9 Å². The van der Waals surface area contributed by atoms with E-state index >= 15 is 0 Å². The van der Waals surface area contributed by atoms with Crippen molar-refractivity contribution in [3.63, 3.8) is 0 Å². The van der Waals surface area contributed by atoms with Gasteiger partial charge < -0.3 is 19.3 Å². The molecule has 0 amide bonds. The Hall–Kier alpha value is -8.32. The molecule has 0 saturated carbocycles. The molecule has 0 N–H and O–H groups in total. The minimum absolute atomic E-state index is 0.451. The summed E-state index contributed by atoms with van der Waals surface area (Å²) in [5, 5.41) is 10.4. The standard InChI is InChI=1S/C54H38N4O2/c1-56-48(38-26-30-47(31-27-38)58-51-18-10-6-14-41(51)22-23-42-15-7-11-19-52(42)58)33-44-35-53(59-2)43(34-54(44)60-3)32-45(36-55)37-24-28-46(29-25-37)57-49-16-8-4-12-39(49)20-21-40-13-5-9-17-50(40)57/h4-35H,2-3H3. The van der Waals surface area contributed by atoms with Crippen molar-refractivity contribution in [1.29, 1.82) is 5.26 Å². The highest BCUT2D eigenvalue weighted by molar-refractivity contribution is 5.97. The van der Waals surface area contributed by atoms with E-state index in [1.54, 1.807) is 14.2 Å². The van der Waals surface area contributed by atoms with Crippen LogP contribution in [0.4, 0.5) is 34.1 Å². The third-order valence-corrected chi connectivity index (χ3v) is 10.9. The lowest BCUT2D eigenvalue weighted by Gasteiger charge is -2.27. The number of anilines is 6. The molecule has 0 aromatic heterocycles. The van der Waals surface area contributed by atoms with Crippen LogP contribution >= 0.6 is 0 Å². The summed E-state index contributed by atoms with van der Waals surface area (Å²) in [6.07, 6.45) is 12.2. The van der Waals surface area contributed by atoms with Crippen LogP contribution in [0.2, 0.25) is 0 Å². The van der Waals surface area contributed by atoms with E-state index in [1.165, 1.54) is 0 Å². The lowest BCUT2D eigenvalue weighted by Crippen LogP contribution is -2.11. The molecule has 6 nitrogen and oxygen atoms in total. The number of nitrogens with zero attached hydrogens (tertiary/aromatic N) is 4. The average molecular weight is 775 g/mol. The quantitative estimate of drug-likeness (QED) is 0.0874. The average Bonchev–Trinajstić information content (AvgIpc) is 3.58. The molecule has 0 atom stereocenters. The Labute approximate surface area is 350 Å². The topological polar surface area (TPSA) is 53.1 Å². The van der Waals surface area contributed by atoms with Crippen molar-refractivity contribution in [1.82, 2.24) is 0 Å². The van der Waals surface area contributed by atoms with Crippen molar-refractivity contribution < 1.29 is 9.47 Å². The summed E-state index contributed by atoms with van der Waals surface area (Å²) in [5.41, 5.74) is 14.6. The third kappa shape index (κ3) is 7.00. The van der Waals surface area contributed by atoms with Gasteiger partial charge in [0, 0.05) is 22.5 Å². The number of ether oxygens (including phenoxy) is 2. The molecule has 0 fully saturated rings. The molecule has 9 rings (SSSR count). The Kier molecular flexibility index (Phi) is 10.1. The zero-order valence-electron chi connectivity index (χ0n) is 33.1. The summed E-state index contributed by atoms with van der Waals surface area (Å²) in [4.78, 5) is 8.44. The summed E-state index contributed by atoms with van der Waals surface area (Å²) >= 11 is 0. The zero-order valence-corrected chi connectivity index (χ0v) is 33.1. The Morgan fingerprint density at radius 2 is 0.883 bits per heavy atom. The van der Waals surface area contributed by atoms with Crippen molar-refractivity contribution in [3.05, 3.63) is 214 Å². The molecule has 7 aromatic carbocycles. The molecule has 0 aliphatic carbocycles. The van der Waals surface area contributed by atoms with E-state index in [0.29, 0.717) is 33.9 Å². The molecule has 60 heavy (non-hydrogen) atoms. The predicted molar refractivity (Wildman–Crippen MR) is 248 cm³/mol. The fourth-order valence-corrected chi connectivity index (χ4v) is 7.91. The van der Waals surface area contributed by atoms with Crippen LogP contribution in [0.25, 0.3) is 52.6 Å². The summed E-state index contributed by atoms with van der Waals surface area (Å²) < 4.78 is 11.8. The number of nitriles is 1. The number of allylic oxidation sites excluding steroid dienone is 1. The number of hydrogen-bond acceptors (Lipinski definition) is 5. The first-order chi connectivity index (χ1) is 29.6. The van der Waals surface area contributed by atoms with Gasteiger partial charge >= 0.3 is 0 Å². The maximum absolute atomic E-state index is 10.4. The highest BCUT2D eigenvalue weighted by atomic mass is 16.5. The SMILES string of the molecule is [C-]#[N+]C(=Cc1cc(OC)c(C=C(C#N)c2ccc(N3c4ccccc4C=Cc4ccccc43)cc2)cc1OC)c1ccc(N2c3ccccc3C=Cc3ccccc32)cc1. The van der Waals surface area contributed by atoms with Crippen LogP contribution in [0.1, 0.15) is 44.5 Å². The lowest BCUT2D eigenvalue weighted by molar-refractivity contribution is 0.401. The molecule has 2 heterocycles. The van der Waals surface area contributed by atoms with Crippen LogP contribution in [0.3, 0.4) is 0 Å². The number of fused-ring (bicyclic) bond motifs is 4. The first-order valence-corrected chi connectivity index (χ1v) is 19.6. The van der Waals surface area contributed by atoms with Gasteiger partial charge in [-0.15, -0.1) is 0 Å². The van der Waals surface area contributed by atoms with E-state index in [4.69, 9.17) is 16.0 Å². The Morgan fingerprint density at radius 1 is 0.517 bits per heavy atom. The smallest absolute Gasteiger partial charge is 0.195 e. The second-order valence-electron chi connectivity index (χ2n) is 14.3. The van der Waals surface area contributed by atoms with Crippen LogP contribution in [-0.2, 0) is 0 Å².